The normalized spacial score (nSPS) is 24.9. The average Bonchev–Trinajstić information content (AvgIpc) is 2.15. The molecule has 3 nitrogen and oxygen atoms in total. The summed E-state index contributed by atoms with van der Waals surface area (Å²) in [5, 5.41) is 0. The highest BCUT2D eigenvalue weighted by Crippen LogP contribution is 2.09. The van der Waals surface area contributed by atoms with E-state index in [1.807, 2.05) is 0 Å². The minimum Gasteiger partial charge on any atom is -0.376 e. The lowest BCUT2D eigenvalue weighted by Gasteiger charge is -2.35. The van der Waals surface area contributed by atoms with Crippen LogP contribution in [0, 0.1) is 0 Å². The van der Waals surface area contributed by atoms with Crippen molar-refractivity contribution < 1.29 is 9.47 Å². The fourth-order valence-electron chi connectivity index (χ4n) is 1.61. The molecule has 84 valence electrons. The van der Waals surface area contributed by atoms with Crippen LogP contribution in [-0.2, 0) is 9.47 Å². The molecule has 1 atom stereocenters. The van der Waals surface area contributed by atoms with Gasteiger partial charge in [0.15, 0.2) is 0 Å². The first-order valence-electron chi connectivity index (χ1n) is 5.57. The zero-order valence-corrected chi connectivity index (χ0v) is 9.82. The second kappa shape index (κ2) is 5.69. The lowest BCUT2D eigenvalue weighted by atomic mass is 10.2. The molecule has 1 rings (SSSR count). The van der Waals surface area contributed by atoms with Crippen molar-refractivity contribution in [3.8, 4) is 0 Å². The minimum atomic E-state index is 0.258. The fraction of sp³-hybridized carbons (Fsp3) is 1.00. The molecule has 0 spiro atoms. The molecule has 14 heavy (non-hydrogen) atoms. The van der Waals surface area contributed by atoms with Gasteiger partial charge < -0.3 is 9.47 Å². The minimum absolute atomic E-state index is 0.258. The van der Waals surface area contributed by atoms with Crippen molar-refractivity contribution in [1.82, 2.24) is 4.90 Å². The predicted octanol–water partition coefficient (Wildman–Crippen LogP) is 1.52. The first-order chi connectivity index (χ1) is 6.59. The largest absolute Gasteiger partial charge is 0.376 e. The molecule has 0 aromatic heterocycles. The van der Waals surface area contributed by atoms with Crippen molar-refractivity contribution in [3.05, 3.63) is 0 Å². The van der Waals surface area contributed by atoms with E-state index in [2.05, 4.69) is 32.6 Å². The van der Waals surface area contributed by atoms with Gasteiger partial charge in [-0.25, -0.2) is 0 Å². The fourth-order valence-corrected chi connectivity index (χ4v) is 1.61. The van der Waals surface area contributed by atoms with Crippen molar-refractivity contribution in [3.63, 3.8) is 0 Å². The number of hydrogen-bond donors (Lipinski definition) is 0. The summed E-state index contributed by atoms with van der Waals surface area (Å²) in [6.07, 6.45) is 0.557. The molecule has 1 aliphatic rings. The first kappa shape index (κ1) is 12.0. The van der Waals surface area contributed by atoms with E-state index in [9.17, 15) is 0 Å². The van der Waals surface area contributed by atoms with E-state index in [1.54, 1.807) is 0 Å². The zero-order chi connectivity index (χ0) is 10.6. The molecular weight excluding hydrogens is 178 g/mol. The van der Waals surface area contributed by atoms with Gasteiger partial charge in [-0.1, -0.05) is 0 Å². The van der Waals surface area contributed by atoms with E-state index in [0.29, 0.717) is 12.1 Å². The van der Waals surface area contributed by atoms with Crippen molar-refractivity contribution >= 4 is 0 Å². The third-order valence-electron chi connectivity index (χ3n) is 2.52. The molecule has 1 aliphatic heterocycles. The number of ether oxygens (including phenoxy) is 2. The van der Waals surface area contributed by atoms with Crippen LogP contribution >= 0.6 is 0 Å². The number of hydrogen-bond acceptors (Lipinski definition) is 3. The van der Waals surface area contributed by atoms with E-state index in [1.165, 1.54) is 0 Å². The van der Waals surface area contributed by atoms with Crippen LogP contribution in [0.3, 0.4) is 0 Å². The van der Waals surface area contributed by atoms with E-state index < -0.39 is 0 Å². The van der Waals surface area contributed by atoms with Gasteiger partial charge >= 0.3 is 0 Å². The molecule has 1 unspecified atom stereocenters. The topological polar surface area (TPSA) is 21.7 Å². The molecule has 0 amide bonds. The number of morpholine rings is 1. The summed E-state index contributed by atoms with van der Waals surface area (Å²) in [7, 11) is 0. The lowest BCUT2D eigenvalue weighted by Crippen LogP contribution is -2.47. The quantitative estimate of drug-likeness (QED) is 0.688. The van der Waals surface area contributed by atoms with Gasteiger partial charge in [0.25, 0.3) is 0 Å². The maximum atomic E-state index is 5.64. The summed E-state index contributed by atoms with van der Waals surface area (Å²) in [6, 6.07) is 0.612. The Kier molecular flexibility index (Phi) is 4.85. The van der Waals surface area contributed by atoms with Crippen LogP contribution in [0.15, 0.2) is 0 Å². The van der Waals surface area contributed by atoms with Crippen molar-refractivity contribution in [2.45, 2.75) is 45.9 Å². The molecule has 0 bridgehead atoms. The summed E-state index contributed by atoms with van der Waals surface area (Å²) in [4.78, 5) is 2.44. The summed E-state index contributed by atoms with van der Waals surface area (Å²) in [5.74, 6) is 0. The molecule has 0 aromatic rings. The second-order valence-electron chi connectivity index (χ2n) is 4.46. The van der Waals surface area contributed by atoms with Gasteiger partial charge in [-0.2, -0.15) is 0 Å². The molecule has 3 heteroatoms. The molecule has 0 aliphatic carbocycles. The molecule has 0 aromatic carbocycles. The average molecular weight is 201 g/mol. The highest BCUT2D eigenvalue weighted by atomic mass is 16.5. The summed E-state index contributed by atoms with van der Waals surface area (Å²) >= 11 is 0. The standard InChI is InChI=1S/C11H23NO2/c1-9(2)12-5-6-13-11(7-12)8-14-10(3)4/h9-11H,5-8H2,1-4H3. The molecule has 1 fully saturated rings. The van der Waals surface area contributed by atoms with E-state index in [-0.39, 0.29) is 6.10 Å². The molecule has 0 saturated carbocycles. The monoisotopic (exact) mass is 201 g/mol. The lowest BCUT2D eigenvalue weighted by molar-refractivity contribution is -0.0855. The third kappa shape index (κ3) is 3.95. The maximum absolute atomic E-state index is 5.64. The Morgan fingerprint density at radius 3 is 2.64 bits per heavy atom. The van der Waals surface area contributed by atoms with Crippen LogP contribution in [-0.4, -0.2) is 49.5 Å². The van der Waals surface area contributed by atoms with Crippen LogP contribution in [0.5, 0.6) is 0 Å². The maximum Gasteiger partial charge on any atom is 0.0935 e. The molecule has 0 radical (unpaired) electrons. The summed E-state index contributed by atoms with van der Waals surface area (Å²) in [5.41, 5.74) is 0. The van der Waals surface area contributed by atoms with Crippen molar-refractivity contribution in [2.24, 2.45) is 0 Å². The van der Waals surface area contributed by atoms with Crippen LogP contribution < -0.4 is 0 Å². The SMILES string of the molecule is CC(C)OCC1CN(C(C)C)CCO1. The molecular formula is C11H23NO2. The van der Waals surface area contributed by atoms with Crippen molar-refractivity contribution in [2.75, 3.05) is 26.3 Å². The van der Waals surface area contributed by atoms with Crippen LogP contribution in [0.4, 0.5) is 0 Å². The first-order valence-corrected chi connectivity index (χ1v) is 5.57. The van der Waals surface area contributed by atoms with Gasteiger partial charge in [-0.05, 0) is 27.7 Å². The van der Waals surface area contributed by atoms with Crippen LogP contribution in [0.25, 0.3) is 0 Å². The van der Waals surface area contributed by atoms with Gasteiger partial charge in [0.05, 0.1) is 25.4 Å². The molecule has 1 heterocycles. The van der Waals surface area contributed by atoms with Gasteiger partial charge in [0, 0.05) is 19.1 Å². The Hall–Kier alpha value is -0.120. The van der Waals surface area contributed by atoms with Gasteiger partial charge in [0.1, 0.15) is 0 Å². The zero-order valence-electron chi connectivity index (χ0n) is 9.82. The smallest absolute Gasteiger partial charge is 0.0935 e. The number of nitrogens with zero attached hydrogens (tertiary/aromatic N) is 1. The summed E-state index contributed by atoms with van der Waals surface area (Å²) in [6.45, 7) is 12.2. The Morgan fingerprint density at radius 1 is 1.36 bits per heavy atom. The van der Waals surface area contributed by atoms with Crippen LogP contribution in [0.2, 0.25) is 0 Å². The Bertz CT molecular complexity index is 159. The van der Waals surface area contributed by atoms with Gasteiger partial charge in [-0.15, -0.1) is 0 Å². The van der Waals surface area contributed by atoms with Crippen molar-refractivity contribution in [1.29, 1.82) is 0 Å². The van der Waals surface area contributed by atoms with Gasteiger partial charge in [-0.3, -0.25) is 4.90 Å². The Morgan fingerprint density at radius 2 is 2.07 bits per heavy atom. The van der Waals surface area contributed by atoms with Gasteiger partial charge in [0.2, 0.25) is 0 Å². The van der Waals surface area contributed by atoms with E-state index >= 15 is 0 Å². The van der Waals surface area contributed by atoms with Crippen LogP contribution in [0.1, 0.15) is 27.7 Å². The highest BCUT2D eigenvalue weighted by Gasteiger charge is 2.22. The Balaban J connectivity index is 2.25. The second-order valence-corrected chi connectivity index (χ2v) is 4.46. The predicted molar refractivity (Wildman–Crippen MR) is 57.5 cm³/mol. The van der Waals surface area contributed by atoms with E-state index in [0.717, 1.165) is 26.3 Å². The Labute approximate surface area is 87.4 Å². The molecule has 1 saturated heterocycles. The number of rotatable bonds is 4. The molecule has 0 N–H and O–H groups in total. The highest BCUT2D eigenvalue weighted by molar-refractivity contribution is 4.73. The van der Waals surface area contributed by atoms with E-state index in [4.69, 9.17) is 9.47 Å². The third-order valence-corrected chi connectivity index (χ3v) is 2.52. The summed E-state index contributed by atoms with van der Waals surface area (Å²) < 4.78 is 11.2.